The minimum absolute atomic E-state index is 0. The summed E-state index contributed by atoms with van der Waals surface area (Å²) in [6, 6.07) is 1.37. The molecule has 16 heteroatoms. The molecule has 1 aliphatic heterocycles. The number of phosphoric acid groups is 2. The van der Waals surface area contributed by atoms with Crippen molar-refractivity contribution in [1.82, 2.24) is 9.55 Å². The number of anilines is 1. The van der Waals surface area contributed by atoms with E-state index in [1.807, 2.05) is 13.8 Å². The van der Waals surface area contributed by atoms with Crippen LogP contribution in [0.2, 0.25) is 0 Å². The molecular weight excluding hydrogens is 492 g/mol. The van der Waals surface area contributed by atoms with Gasteiger partial charge in [-0.05, 0) is 18.9 Å². The van der Waals surface area contributed by atoms with Gasteiger partial charge in [0, 0.05) is 12.6 Å². The monoisotopic (exact) mass is 521 g/mol. The molecule has 5 atom stereocenters. The van der Waals surface area contributed by atoms with Crippen molar-refractivity contribution in [2.24, 2.45) is 0 Å². The molecule has 1 fully saturated rings. The first-order valence-corrected chi connectivity index (χ1v) is 13.2. The molecule has 0 saturated carbocycles. The van der Waals surface area contributed by atoms with Crippen molar-refractivity contribution in [3.63, 3.8) is 0 Å². The van der Waals surface area contributed by atoms with Gasteiger partial charge >= 0.3 is 28.7 Å². The summed E-state index contributed by atoms with van der Waals surface area (Å²) in [4.78, 5) is 39.8. The molecule has 2 unspecified atom stereocenters. The number of hydrogen-bond acceptors (Lipinski definition) is 12. The van der Waals surface area contributed by atoms with Gasteiger partial charge in [0.2, 0.25) is 0 Å². The van der Waals surface area contributed by atoms with Gasteiger partial charge in [-0.15, -0.1) is 0 Å². The van der Waals surface area contributed by atoms with Crippen molar-refractivity contribution < 1.29 is 41.7 Å². The summed E-state index contributed by atoms with van der Waals surface area (Å²) in [6.07, 6.45) is 0.372. The average Bonchev–Trinajstić information content (AvgIpc) is 3.08. The summed E-state index contributed by atoms with van der Waals surface area (Å²) in [5, 5.41) is 0. The van der Waals surface area contributed by atoms with E-state index in [1.54, 1.807) is 0 Å². The number of unbranched alkanes of at least 4 members (excludes halogenated alkanes) is 2. The number of aromatic nitrogens is 2. The van der Waals surface area contributed by atoms with E-state index in [4.69, 9.17) is 28.6 Å². The summed E-state index contributed by atoms with van der Waals surface area (Å²) < 4.78 is 50.4. The van der Waals surface area contributed by atoms with Crippen molar-refractivity contribution in [3.05, 3.63) is 22.7 Å². The molecule has 0 aliphatic carbocycles. The smallest absolute Gasteiger partial charge is 0.756 e. The van der Waals surface area contributed by atoms with Gasteiger partial charge in [0.25, 0.3) is 15.6 Å². The normalized spacial score (nSPS) is 24.1. The third-order valence-corrected chi connectivity index (χ3v) is 6.49. The van der Waals surface area contributed by atoms with E-state index in [-0.39, 0.29) is 48.5 Å². The van der Waals surface area contributed by atoms with E-state index >= 15 is 0 Å². The Morgan fingerprint density at radius 1 is 1.15 bits per heavy atom. The maximum atomic E-state index is 12.2. The van der Waals surface area contributed by atoms with Crippen LogP contribution >= 0.6 is 15.6 Å². The largest absolute Gasteiger partial charge is 2.00 e. The van der Waals surface area contributed by atoms with Crippen molar-refractivity contribution in [1.29, 1.82) is 0 Å². The minimum atomic E-state index is -4.72. The number of phosphoric ester groups is 2. The van der Waals surface area contributed by atoms with Crippen molar-refractivity contribution in [2.75, 3.05) is 25.6 Å². The molecule has 1 saturated heterocycles. The van der Waals surface area contributed by atoms with Crippen LogP contribution in [0, 0.1) is 0 Å². The number of nitrogens with zero attached hydrogens (tertiary/aromatic N) is 2. The SMILES string of the molecule is CCCCOP(=O)([O-])OC[C@H]1O[C@@H](n2ccc(N)nc2=O)C[C@@H]1OP(=O)([O-])OCCCC.[Mg+2]. The van der Waals surface area contributed by atoms with E-state index in [0.29, 0.717) is 12.8 Å². The first-order valence-electron chi connectivity index (χ1n) is 10.3. The van der Waals surface area contributed by atoms with Gasteiger partial charge in [0.15, 0.2) is 0 Å². The maximum Gasteiger partial charge on any atom is 2.00 e. The minimum Gasteiger partial charge on any atom is -0.756 e. The fourth-order valence-electron chi connectivity index (χ4n) is 2.82. The summed E-state index contributed by atoms with van der Waals surface area (Å²) in [5.41, 5.74) is 4.76. The summed E-state index contributed by atoms with van der Waals surface area (Å²) in [5.74, 6) is 0.00170. The number of ether oxygens (including phenoxy) is 1. The second-order valence-electron chi connectivity index (χ2n) is 7.11. The van der Waals surface area contributed by atoms with Gasteiger partial charge in [-0.2, -0.15) is 4.98 Å². The van der Waals surface area contributed by atoms with Crippen LogP contribution in [0.5, 0.6) is 0 Å². The van der Waals surface area contributed by atoms with Crippen molar-refractivity contribution in [2.45, 2.75) is 64.4 Å². The topological polar surface area (TPSA) is 187 Å². The Morgan fingerprint density at radius 3 is 2.33 bits per heavy atom. The Balaban J connectivity index is 0.00000544. The molecule has 2 rings (SSSR count). The zero-order valence-electron chi connectivity index (χ0n) is 18.7. The van der Waals surface area contributed by atoms with Crippen LogP contribution in [0.25, 0.3) is 0 Å². The Kier molecular flexibility index (Phi) is 13.2. The van der Waals surface area contributed by atoms with E-state index < -0.39 is 46.4 Å². The molecule has 184 valence electrons. The van der Waals surface area contributed by atoms with Gasteiger partial charge in [-0.1, -0.05) is 26.7 Å². The second kappa shape index (κ2) is 14.2. The number of nitrogens with two attached hydrogens (primary N) is 1. The van der Waals surface area contributed by atoms with Crippen LogP contribution in [0.3, 0.4) is 0 Å². The van der Waals surface area contributed by atoms with Crippen LogP contribution < -0.4 is 21.2 Å². The average molecular weight is 522 g/mol. The zero-order valence-corrected chi connectivity index (χ0v) is 21.9. The van der Waals surface area contributed by atoms with E-state index in [0.717, 1.165) is 17.4 Å². The third kappa shape index (κ3) is 10.4. The molecule has 1 aliphatic rings. The molecule has 0 amide bonds. The molecule has 13 nitrogen and oxygen atoms in total. The van der Waals surface area contributed by atoms with Crippen LogP contribution in [-0.2, 0) is 32.0 Å². The molecule has 0 spiro atoms. The number of nitrogen functional groups attached to an aromatic ring is 1. The second-order valence-corrected chi connectivity index (χ2v) is 9.89. The van der Waals surface area contributed by atoms with Gasteiger partial charge in [0.1, 0.15) is 18.1 Å². The first kappa shape index (κ1) is 30.7. The summed E-state index contributed by atoms with van der Waals surface area (Å²) >= 11 is 0. The summed E-state index contributed by atoms with van der Waals surface area (Å²) in [7, 11) is -9.36. The maximum absolute atomic E-state index is 12.2. The molecule has 33 heavy (non-hydrogen) atoms. The van der Waals surface area contributed by atoms with Gasteiger partial charge in [-0.25, -0.2) is 4.79 Å². The predicted molar refractivity (Wildman–Crippen MR) is 115 cm³/mol. The van der Waals surface area contributed by atoms with Gasteiger partial charge in [0.05, 0.1) is 25.9 Å². The van der Waals surface area contributed by atoms with E-state index in [2.05, 4.69) is 4.98 Å². The Hall–Kier alpha value is -0.374. The quantitative estimate of drug-likeness (QED) is 0.205. The zero-order chi connectivity index (χ0) is 23.8. The molecule has 0 bridgehead atoms. The Labute approximate surface area is 208 Å². The van der Waals surface area contributed by atoms with E-state index in [1.165, 1.54) is 12.3 Å². The van der Waals surface area contributed by atoms with Crippen molar-refractivity contribution in [3.8, 4) is 0 Å². The fourth-order valence-corrected chi connectivity index (χ4v) is 4.54. The number of hydrogen-bond donors (Lipinski definition) is 1. The van der Waals surface area contributed by atoms with Crippen LogP contribution in [-0.4, -0.2) is 64.6 Å². The Bertz CT molecular complexity index is 889. The molecule has 0 radical (unpaired) electrons. The molecular formula is C17H29MgN3O10P2. The first-order chi connectivity index (χ1) is 15.1. The van der Waals surface area contributed by atoms with Crippen molar-refractivity contribution >= 4 is 44.5 Å². The van der Waals surface area contributed by atoms with Crippen LogP contribution in [0.15, 0.2) is 17.1 Å². The molecule has 0 aromatic carbocycles. The van der Waals surface area contributed by atoms with Gasteiger partial charge < -0.3 is 38.4 Å². The molecule has 2 N–H and O–H groups in total. The fraction of sp³-hybridized carbons (Fsp3) is 0.765. The van der Waals surface area contributed by atoms with Gasteiger partial charge in [-0.3, -0.25) is 13.7 Å². The predicted octanol–water partition coefficient (Wildman–Crippen LogP) is 0.704. The number of rotatable bonds is 14. The molecule has 1 aromatic rings. The summed E-state index contributed by atoms with van der Waals surface area (Å²) in [6.45, 7) is 3.05. The molecule has 1 aromatic heterocycles. The Morgan fingerprint density at radius 2 is 1.76 bits per heavy atom. The third-order valence-electron chi connectivity index (χ3n) is 4.50. The standard InChI is InChI=1S/C17H31N3O10P2.Mg/c1-3-5-9-26-31(22,23)28-12-14-13(30-32(24,25)27-10-6-4-2)11-16(29-14)20-8-7-15(18)19-17(20)21;/h7-8,13-14,16H,3-6,9-12H2,1-2H3,(H,22,23)(H,24,25)(H2,18,19,21);/q;+2/p-2/t13-,14+,16+;/m0./s1. The van der Waals surface area contributed by atoms with Crippen LogP contribution in [0.1, 0.15) is 52.2 Å². The molecule has 2 heterocycles. The van der Waals surface area contributed by atoms with Crippen LogP contribution in [0.4, 0.5) is 5.82 Å². The van der Waals surface area contributed by atoms with E-state index in [9.17, 15) is 23.7 Å².